The Hall–Kier alpha value is -2.78. The number of hydrogen-bond donors (Lipinski definition) is 1. The summed E-state index contributed by atoms with van der Waals surface area (Å²) in [5.41, 5.74) is 1.45. The van der Waals surface area contributed by atoms with Crippen LogP contribution in [0.15, 0.2) is 71.6 Å². The summed E-state index contributed by atoms with van der Waals surface area (Å²) in [6, 6.07) is 16.7. The lowest BCUT2D eigenvalue weighted by atomic mass is 10.1. The molecule has 0 aliphatic carbocycles. The lowest BCUT2D eigenvalue weighted by molar-refractivity contribution is -0.140. The molecule has 0 heterocycles. The Morgan fingerprint density at radius 1 is 0.900 bits per heavy atom. The van der Waals surface area contributed by atoms with Gasteiger partial charge in [0.1, 0.15) is 12.6 Å². The van der Waals surface area contributed by atoms with Crippen molar-refractivity contribution in [1.29, 1.82) is 0 Å². The summed E-state index contributed by atoms with van der Waals surface area (Å²) in [7, 11) is -4.20. The van der Waals surface area contributed by atoms with E-state index in [0.29, 0.717) is 44.8 Å². The van der Waals surface area contributed by atoms with Crippen LogP contribution in [0.2, 0.25) is 15.1 Å². The van der Waals surface area contributed by atoms with Crippen molar-refractivity contribution < 1.29 is 18.0 Å². The zero-order chi connectivity index (χ0) is 29.4. The minimum absolute atomic E-state index is 0.0265. The highest BCUT2D eigenvalue weighted by Crippen LogP contribution is 2.30. The van der Waals surface area contributed by atoms with Gasteiger partial charge in [-0.15, -0.1) is 0 Å². The van der Waals surface area contributed by atoms with Gasteiger partial charge in [-0.1, -0.05) is 72.9 Å². The van der Waals surface area contributed by atoms with Gasteiger partial charge in [0.15, 0.2) is 0 Å². The van der Waals surface area contributed by atoms with E-state index in [9.17, 15) is 18.0 Å². The van der Waals surface area contributed by atoms with Gasteiger partial charge in [0, 0.05) is 33.7 Å². The number of aryl methyl sites for hydroxylation is 1. The third kappa shape index (κ3) is 7.49. The van der Waals surface area contributed by atoms with Crippen LogP contribution in [-0.4, -0.2) is 44.3 Å². The summed E-state index contributed by atoms with van der Waals surface area (Å²) in [5.74, 6) is -0.931. The first-order chi connectivity index (χ1) is 19.0. The van der Waals surface area contributed by atoms with Gasteiger partial charge in [0.25, 0.3) is 10.0 Å². The van der Waals surface area contributed by atoms with E-state index in [-0.39, 0.29) is 23.8 Å². The molecule has 0 saturated carbocycles. The molecule has 7 nitrogen and oxygen atoms in total. The molecule has 0 aliphatic rings. The second kappa shape index (κ2) is 14.2. The molecule has 0 bridgehead atoms. The van der Waals surface area contributed by atoms with Crippen LogP contribution in [0.5, 0.6) is 0 Å². The third-order valence-corrected chi connectivity index (χ3v) is 9.12. The number of sulfonamides is 1. The van der Waals surface area contributed by atoms with E-state index < -0.39 is 28.5 Å². The molecule has 1 atom stereocenters. The van der Waals surface area contributed by atoms with Crippen LogP contribution in [0, 0.1) is 6.92 Å². The zero-order valence-electron chi connectivity index (χ0n) is 22.5. The van der Waals surface area contributed by atoms with Crippen LogP contribution in [0.25, 0.3) is 0 Å². The number of carbonyl (C=O) groups excluding carboxylic acids is 2. The standard InChI is InChI=1S/C29H32Cl3N3O4S/c1-4-17-33-29(37)26(5-2)34(18-23-24(31)10-8-11-25(23)32)28(36)19-35(27-12-7-6-9-20(27)3)40(38,39)22-15-13-21(30)14-16-22/h6-16,26H,4-5,17-19H2,1-3H3,(H,33,37)/t26-/m0/s1. The molecular weight excluding hydrogens is 593 g/mol. The lowest BCUT2D eigenvalue weighted by Crippen LogP contribution is -2.52. The average molecular weight is 625 g/mol. The normalized spacial score (nSPS) is 12.1. The van der Waals surface area contributed by atoms with Gasteiger partial charge in [-0.3, -0.25) is 13.9 Å². The maximum atomic E-state index is 14.1. The second-order valence-electron chi connectivity index (χ2n) is 9.19. The minimum atomic E-state index is -4.20. The van der Waals surface area contributed by atoms with E-state index in [1.165, 1.54) is 29.2 Å². The maximum Gasteiger partial charge on any atom is 0.264 e. The molecule has 0 aromatic heterocycles. The maximum absolute atomic E-state index is 14.1. The number of benzene rings is 3. The Labute approximate surface area is 251 Å². The number of anilines is 1. The number of para-hydroxylation sites is 1. The molecule has 40 heavy (non-hydrogen) atoms. The quantitative estimate of drug-likeness (QED) is 0.250. The number of amides is 2. The molecule has 0 radical (unpaired) electrons. The van der Waals surface area contributed by atoms with E-state index in [0.717, 1.165) is 4.31 Å². The van der Waals surface area contributed by atoms with Crippen molar-refractivity contribution in [3.63, 3.8) is 0 Å². The number of halogens is 3. The number of rotatable bonds is 12. The van der Waals surface area contributed by atoms with E-state index in [1.807, 2.05) is 6.92 Å². The second-order valence-corrected chi connectivity index (χ2v) is 12.3. The van der Waals surface area contributed by atoms with Crippen molar-refractivity contribution in [2.75, 3.05) is 17.4 Å². The Morgan fingerprint density at radius 3 is 2.10 bits per heavy atom. The van der Waals surface area contributed by atoms with Gasteiger partial charge in [0.2, 0.25) is 11.8 Å². The van der Waals surface area contributed by atoms with Gasteiger partial charge in [-0.2, -0.15) is 0 Å². The number of nitrogens with zero attached hydrogens (tertiary/aromatic N) is 2. The molecule has 0 unspecified atom stereocenters. The van der Waals surface area contributed by atoms with Crippen LogP contribution < -0.4 is 9.62 Å². The Kier molecular flexibility index (Phi) is 11.3. The molecule has 11 heteroatoms. The fraction of sp³-hybridized carbons (Fsp3) is 0.310. The Balaban J connectivity index is 2.10. The molecule has 0 fully saturated rings. The Bertz CT molecular complexity index is 1430. The predicted octanol–water partition coefficient (Wildman–Crippen LogP) is 6.48. The van der Waals surface area contributed by atoms with E-state index in [4.69, 9.17) is 34.8 Å². The SMILES string of the molecule is CCCNC(=O)[C@H](CC)N(Cc1c(Cl)cccc1Cl)C(=O)CN(c1ccccc1C)S(=O)(=O)c1ccc(Cl)cc1. The summed E-state index contributed by atoms with van der Waals surface area (Å²) < 4.78 is 28.9. The summed E-state index contributed by atoms with van der Waals surface area (Å²) in [4.78, 5) is 28.6. The molecule has 0 spiro atoms. The fourth-order valence-corrected chi connectivity index (χ4v) is 6.35. The molecule has 3 aromatic carbocycles. The third-order valence-electron chi connectivity index (χ3n) is 6.39. The molecule has 0 aliphatic heterocycles. The van der Waals surface area contributed by atoms with Crippen molar-refractivity contribution in [2.24, 2.45) is 0 Å². The van der Waals surface area contributed by atoms with Gasteiger partial charge in [-0.05, 0) is 67.8 Å². The van der Waals surface area contributed by atoms with Crippen molar-refractivity contribution in [2.45, 2.75) is 51.1 Å². The van der Waals surface area contributed by atoms with Crippen LogP contribution in [0.4, 0.5) is 5.69 Å². The monoisotopic (exact) mass is 623 g/mol. The molecule has 214 valence electrons. The van der Waals surface area contributed by atoms with Crippen molar-refractivity contribution in [3.05, 3.63) is 92.9 Å². The lowest BCUT2D eigenvalue weighted by Gasteiger charge is -2.34. The van der Waals surface area contributed by atoms with Crippen molar-refractivity contribution >= 4 is 62.3 Å². The highest BCUT2D eigenvalue weighted by atomic mass is 35.5. The fourth-order valence-electron chi connectivity index (χ4n) is 4.23. The van der Waals surface area contributed by atoms with Gasteiger partial charge < -0.3 is 10.2 Å². The topological polar surface area (TPSA) is 86.8 Å². The molecule has 0 saturated heterocycles. The summed E-state index contributed by atoms with van der Waals surface area (Å²) >= 11 is 18.9. The first kappa shape index (κ1) is 31.7. The highest BCUT2D eigenvalue weighted by molar-refractivity contribution is 7.92. The summed E-state index contributed by atoms with van der Waals surface area (Å²) in [6.45, 7) is 5.26. The molecule has 1 N–H and O–H groups in total. The first-order valence-electron chi connectivity index (χ1n) is 12.8. The number of nitrogens with one attached hydrogen (secondary N) is 1. The van der Waals surface area contributed by atoms with Crippen molar-refractivity contribution in [1.82, 2.24) is 10.2 Å². The molecule has 3 rings (SSSR count). The number of carbonyl (C=O) groups is 2. The summed E-state index contributed by atoms with van der Waals surface area (Å²) in [5, 5.41) is 3.89. The molecule has 2 amide bonds. The van der Waals surface area contributed by atoms with E-state index in [1.54, 1.807) is 56.3 Å². The largest absolute Gasteiger partial charge is 0.354 e. The van der Waals surface area contributed by atoms with Crippen LogP contribution in [0.1, 0.15) is 37.8 Å². The van der Waals surface area contributed by atoms with Crippen LogP contribution in [-0.2, 0) is 26.2 Å². The van der Waals surface area contributed by atoms with Crippen LogP contribution >= 0.6 is 34.8 Å². The van der Waals surface area contributed by atoms with Crippen LogP contribution in [0.3, 0.4) is 0 Å². The minimum Gasteiger partial charge on any atom is -0.354 e. The average Bonchev–Trinajstić information content (AvgIpc) is 2.92. The van der Waals surface area contributed by atoms with E-state index in [2.05, 4.69) is 5.32 Å². The number of hydrogen-bond acceptors (Lipinski definition) is 4. The van der Waals surface area contributed by atoms with E-state index >= 15 is 0 Å². The summed E-state index contributed by atoms with van der Waals surface area (Å²) in [6.07, 6.45) is 1.00. The molecular formula is C29H32Cl3N3O4S. The van der Waals surface area contributed by atoms with Gasteiger partial charge >= 0.3 is 0 Å². The van der Waals surface area contributed by atoms with Crippen molar-refractivity contribution in [3.8, 4) is 0 Å². The predicted molar refractivity (Wildman–Crippen MR) is 162 cm³/mol. The Morgan fingerprint density at radius 2 is 1.52 bits per heavy atom. The smallest absolute Gasteiger partial charge is 0.264 e. The highest BCUT2D eigenvalue weighted by Gasteiger charge is 2.34. The zero-order valence-corrected chi connectivity index (χ0v) is 25.6. The van der Waals surface area contributed by atoms with Gasteiger partial charge in [-0.25, -0.2) is 8.42 Å². The first-order valence-corrected chi connectivity index (χ1v) is 15.4. The van der Waals surface area contributed by atoms with Gasteiger partial charge in [0.05, 0.1) is 10.6 Å². The molecule has 3 aromatic rings.